The molecule has 1 aliphatic rings. The summed E-state index contributed by atoms with van der Waals surface area (Å²) in [6.45, 7) is 2.25. The molecular formula is C14H21F2N3. The maximum Gasteiger partial charge on any atom is 0.159 e. The van der Waals surface area contributed by atoms with Crippen LogP contribution in [0.15, 0.2) is 18.2 Å². The van der Waals surface area contributed by atoms with E-state index in [4.69, 9.17) is 5.73 Å². The Morgan fingerprint density at radius 3 is 2.63 bits per heavy atom. The molecule has 1 fully saturated rings. The predicted octanol–water partition coefficient (Wildman–Crippen LogP) is 1.60. The maximum absolute atomic E-state index is 13.3. The van der Waals surface area contributed by atoms with Gasteiger partial charge in [-0.05, 0) is 38.2 Å². The summed E-state index contributed by atoms with van der Waals surface area (Å²) in [4.78, 5) is 4.44. The molecule has 1 aromatic rings. The number of halogens is 2. The molecule has 106 valence electrons. The Hall–Kier alpha value is -1.04. The minimum Gasteiger partial charge on any atom is -0.329 e. The van der Waals surface area contributed by atoms with Gasteiger partial charge in [-0.25, -0.2) is 8.78 Å². The van der Waals surface area contributed by atoms with E-state index in [9.17, 15) is 8.78 Å². The summed E-state index contributed by atoms with van der Waals surface area (Å²) in [6.07, 6.45) is 1.08. The van der Waals surface area contributed by atoms with E-state index in [2.05, 4.69) is 23.9 Å². The fourth-order valence-electron chi connectivity index (χ4n) is 2.69. The van der Waals surface area contributed by atoms with Crippen LogP contribution in [0.5, 0.6) is 0 Å². The first-order valence-electron chi connectivity index (χ1n) is 6.58. The largest absolute Gasteiger partial charge is 0.329 e. The van der Waals surface area contributed by atoms with Crippen molar-refractivity contribution in [2.24, 2.45) is 5.73 Å². The summed E-state index contributed by atoms with van der Waals surface area (Å²) in [5.41, 5.74) is 6.57. The van der Waals surface area contributed by atoms with E-state index >= 15 is 0 Å². The molecule has 1 saturated heterocycles. The first-order valence-corrected chi connectivity index (χ1v) is 6.58. The van der Waals surface area contributed by atoms with Crippen molar-refractivity contribution in [1.29, 1.82) is 0 Å². The van der Waals surface area contributed by atoms with Gasteiger partial charge in [-0.15, -0.1) is 0 Å². The molecular weight excluding hydrogens is 248 g/mol. The molecule has 2 rings (SSSR count). The van der Waals surface area contributed by atoms with Gasteiger partial charge in [0.2, 0.25) is 0 Å². The Balaban J connectivity index is 2.14. The van der Waals surface area contributed by atoms with Gasteiger partial charge in [-0.2, -0.15) is 0 Å². The lowest BCUT2D eigenvalue weighted by Crippen LogP contribution is -2.36. The summed E-state index contributed by atoms with van der Waals surface area (Å²) in [5, 5.41) is 0. The first-order chi connectivity index (χ1) is 9.02. The van der Waals surface area contributed by atoms with Gasteiger partial charge in [0.15, 0.2) is 11.6 Å². The first kappa shape index (κ1) is 14.4. The molecule has 2 N–H and O–H groups in total. The van der Waals surface area contributed by atoms with Gasteiger partial charge in [-0.3, -0.25) is 4.90 Å². The lowest BCUT2D eigenvalue weighted by atomic mass is 10.1. The van der Waals surface area contributed by atoms with Crippen molar-refractivity contribution in [2.45, 2.75) is 18.5 Å². The Morgan fingerprint density at radius 2 is 2.11 bits per heavy atom. The Bertz CT molecular complexity index is 437. The molecule has 1 aliphatic heterocycles. The smallest absolute Gasteiger partial charge is 0.159 e. The number of rotatable bonds is 4. The molecule has 2 unspecified atom stereocenters. The van der Waals surface area contributed by atoms with Crippen molar-refractivity contribution >= 4 is 0 Å². The number of likely N-dealkylation sites (N-methyl/N-ethyl adjacent to an activating group) is 1. The highest BCUT2D eigenvalue weighted by Gasteiger charge is 2.29. The zero-order chi connectivity index (χ0) is 14.0. The van der Waals surface area contributed by atoms with Gasteiger partial charge in [0.25, 0.3) is 0 Å². The minimum absolute atomic E-state index is 0.0416. The average Bonchev–Trinajstić information content (AvgIpc) is 2.84. The Morgan fingerprint density at radius 1 is 1.37 bits per heavy atom. The molecule has 2 atom stereocenters. The molecule has 5 heteroatoms. The van der Waals surface area contributed by atoms with Crippen LogP contribution in [0.4, 0.5) is 8.78 Å². The molecule has 1 heterocycles. The molecule has 0 saturated carbocycles. The van der Waals surface area contributed by atoms with Gasteiger partial charge in [0.1, 0.15) is 0 Å². The van der Waals surface area contributed by atoms with Crippen LogP contribution in [-0.4, -0.2) is 49.6 Å². The van der Waals surface area contributed by atoms with Gasteiger partial charge >= 0.3 is 0 Å². The zero-order valence-electron chi connectivity index (χ0n) is 11.4. The van der Waals surface area contributed by atoms with Crippen LogP contribution in [0, 0.1) is 11.6 Å². The lowest BCUT2D eigenvalue weighted by molar-refractivity contribution is 0.220. The van der Waals surface area contributed by atoms with Crippen LogP contribution >= 0.6 is 0 Å². The number of benzene rings is 1. The minimum atomic E-state index is -0.813. The number of nitrogens with zero attached hydrogens (tertiary/aromatic N) is 2. The third-order valence-corrected chi connectivity index (χ3v) is 3.92. The van der Waals surface area contributed by atoms with Crippen LogP contribution in [0.3, 0.4) is 0 Å². The van der Waals surface area contributed by atoms with Crippen LogP contribution < -0.4 is 5.73 Å². The highest BCUT2D eigenvalue weighted by molar-refractivity contribution is 5.22. The normalized spacial score (nSPS) is 22.1. The Kier molecular flexibility index (Phi) is 4.50. The standard InChI is InChI=1S/C14H21F2N3/c1-18(2)11-5-6-19(9-11)14(8-17)10-3-4-12(15)13(16)7-10/h3-4,7,11,14H,5-6,8-9,17H2,1-2H3. The summed E-state index contributed by atoms with van der Waals surface area (Å²) in [7, 11) is 4.12. The monoisotopic (exact) mass is 269 g/mol. The van der Waals surface area contributed by atoms with E-state index in [1.54, 1.807) is 6.07 Å². The van der Waals surface area contributed by atoms with E-state index < -0.39 is 11.6 Å². The lowest BCUT2D eigenvalue weighted by Gasteiger charge is -2.28. The molecule has 0 bridgehead atoms. The molecule has 3 nitrogen and oxygen atoms in total. The van der Waals surface area contributed by atoms with E-state index in [1.807, 2.05) is 0 Å². The molecule has 0 amide bonds. The van der Waals surface area contributed by atoms with E-state index in [-0.39, 0.29) is 6.04 Å². The van der Waals surface area contributed by atoms with Gasteiger partial charge < -0.3 is 10.6 Å². The molecule has 0 radical (unpaired) electrons. The Labute approximate surface area is 113 Å². The summed E-state index contributed by atoms with van der Waals surface area (Å²) >= 11 is 0. The summed E-state index contributed by atoms with van der Waals surface area (Å²) < 4.78 is 26.3. The van der Waals surface area contributed by atoms with E-state index in [0.717, 1.165) is 25.1 Å². The fraction of sp³-hybridized carbons (Fsp3) is 0.571. The number of likely N-dealkylation sites (tertiary alicyclic amines) is 1. The topological polar surface area (TPSA) is 32.5 Å². The van der Waals surface area contributed by atoms with Gasteiger partial charge in [0.05, 0.1) is 0 Å². The fourth-order valence-corrected chi connectivity index (χ4v) is 2.69. The molecule has 19 heavy (non-hydrogen) atoms. The van der Waals surface area contributed by atoms with Crippen LogP contribution in [0.2, 0.25) is 0 Å². The molecule has 0 aromatic heterocycles. The number of nitrogens with two attached hydrogens (primary N) is 1. The highest BCUT2D eigenvalue weighted by Crippen LogP contribution is 2.26. The van der Waals surface area contributed by atoms with E-state index in [1.165, 1.54) is 12.1 Å². The second-order valence-electron chi connectivity index (χ2n) is 5.33. The molecule has 0 aliphatic carbocycles. The quantitative estimate of drug-likeness (QED) is 0.901. The molecule has 1 aromatic carbocycles. The number of hydrogen-bond donors (Lipinski definition) is 1. The van der Waals surface area contributed by atoms with Gasteiger partial charge in [-0.1, -0.05) is 6.07 Å². The molecule has 0 spiro atoms. The van der Waals surface area contributed by atoms with Crippen LogP contribution in [-0.2, 0) is 0 Å². The second kappa shape index (κ2) is 5.94. The van der Waals surface area contributed by atoms with Crippen molar-refractivity contribution in [3.05, 3.63) is 35.4 Å². The van der Waals surface area contributed by atoms with Crippen molar-refractivity contribution in [1.82, 2.24) is 9.80 Å². The van der Waals surface area contributed by atoms with Crippen molar-refractivity contribution in [3.8, 4) is 0 Å². The van der Waals surface area contributed by atoms with E-state index in [0.29, 0.717) is 12.6 Å². The zero-order valence-corrected chi connectivity index (χ0v) is 11.4. The SMILES string of the molecule is CN(C)C1CCN(C(CN)c2ccc(F)c(F)c2)C1. The summed E-state index contributed by atoms with van der Waals surface area (Å²) in [5.74, 6) is -1.62. The van der Waals surface area contributed by atoms with Gasteiger partial charge in [0, 0.05) is 31.7 Å². The van der Waals surface area contributed by atoms with Crippen LogP contribution in [0.1, 0.15) is 18.0 Å². The highest BCUT2D eigenvalue weighted by atomic mass is 19.2. The maximum atomic E-state index is 13.3. The number of hydrogen-bond acceptors (Lipinski definition) is 3. The average molecular weight is 269 g/mol. The predicted molar refractivity (Wildman–Crippen MR) is 71.8 cm³/mol. The van der Waals surface area contributed by atoms with Crippen LogP contribution in [0.25, 0.3) is 0 Å². The third-order valence-electron chi connectivity index (χ3n) is 3.92. The van der Waals surface area contributed by atoms with Crippen molar-refractivity contribution in [2.75, 3.05) is 33.7 Å². The van der Waals surface area contributed by atoms with Crippen molar-refractivity contribution in [3.63, 3.8) is 0 Å². The third kappa shape index (κ3) is 3.11. The van der Waals surface area contributed by atoms with Crippen molar-refractivity contribution < 1.29 is 8.78 Å². The second-order valence-corrected chi connectivity index (χ2v) is 5.33. The summed E-state index contributed by atoms with van der Waals surface area (Å²) in [6, 6.07) is 4.51.